The van der Waals surface area contributed by atoms with Crippen LogP contribution < -0.4 is 14.9 Å². The van der Waals surface area contributed by atoms with Crippen LogP contribution in [0.25, 0.3) is 5.69 Å². The Bertz CT molecular complexity index is 874. The lowest BCUT2D eigenvalue weighted by Gasteiger charge is -2.39. The molecule has 2 amide bonds. The molecule has 0 saturated carbocycles. The summed E-state index contributed by atoms with van der Waals surface area (Å²) in [5, 5.41) is 11.4. The Labute approximate surface area is 157 Å². The standard InChI is InChI=1S/C18H22N6O3/c1-3-15(25)23-14-8-6-5-7-13(14)22-17(21-9-11-27-12-10-21)19-20-18(22)24(23)16(26)4-2/h5-8H,3-4,9-12H2,1-2H3. The summed E-state index contributed by atoms with van der Waals surface area (Å²) in [4.78, 5) is 27.6. The number of anilines is 3. The molecule has 27 heavy (non-hydrogen) atoms. The molecule has 0 unspecified atom stereocenters. The van der Waals surface area contributed by atoms with Crippen LogP contribution in [0.15, 0.2) is 24.3 Å². The fraction of sp³-hybridized carbons (Fsp3) is 0.444. The third-order valence-electron chi connectivity index (χ3n) is 4.74. The Morgan fingerprint density at radius 2 is 1.52 bits per heavy atom. The highest BCUT2D eigenvalue weighted by Gasteiger charge is 2.39. The minimum atomic E-state index is -0.214. The van der Waals surface area contributed by atoms with Crippen molar-refractivity contribution in [2.24, 2.45) is 0 Å². The third kappa shape index (κ3) is 2.74. The van der Waals surface area contributed by atoms with Gasteiger partial charge in [0, 0.05) is 25.9 Å². The molecule has 2 aromatic rings. The highest BCUT2D eigenvalue weighted by Crippen LogP contribution is 2.39. The maximum Gasteiger partial charge on any atom is 0.260 e. The minimum Gasteiger partial charge on any atom is -0.378 e. The van der Waals surface area contributed by atoms with Gasteiger partial charge in [-0.15, -0.1) is 10.2 Å². The van der Waals surface area contributed by atoms with Crippen molar-refractivity contribution in [3.8, 4) is 5.69 Å². The van der Waals surface area contributed by atoms with E-state index in [-0.39, 0.29) is 24.7 Å². The second-order valence-corrected chi connectivity index (χ2v) is 6.34. The molecule has 1 aromatic carbocycles. The lowest BCUT2D eigenvalue weighted by Crippen LogP contribution is -2.53. The van der Waals surface area contributed by atoms with E-state index in [1.807, 2.05) is 28.8 Å². The summed E-state index contributed by atoms with van der Waals surface area (Å²) in [6.45, 7) is 6.15. The number of amides is 2. The van der Waals surface area contributed by atoms with E-state index in [4.69, 9.17) is 4.74 Å². The number of morpholine rings is 1. The van der Waals surface area contributed by atoms with Crippen LogP contribution in [0.5, 0.6) is 0 Å². The number of aromatic nitrogens is 3. The van der Waals surface area contributed by atoms with Gasteiger partial charge in [0.1, 0.15) is 0 Å². The van der Waals surface area contributed by atoms with E-state index in [1.165, 1.54) is 10.0 Å². The number of benzene rings is 1. The van der Waals surface area contributed by atoms with Gasteiger partial charge in [-0.1, -0.05) is 26.0 Å². The van der Waals surface area contributed by atoms with E-state index in [2.05, 4.69) is 15.1 Å². The van der Waals surface area contributed by atoms with Crippen LogP contribution in [-0.2, 0) is 14.3 Å². The average Bonchev–Trinajstić information content (AvgIpc) is 3.17. The van der Waals surface area contributed by atoms with Crippen molar-refractivity contribution in [2.75, 3.05) is 41.2 Å². The molecule has 0 aliphatic carbocycles. The maximum atomic E-state index is 12.8. The summed E-state index contributed by atoms with van der Waals surface area (Å²) in [5.41, 5.74) is 1.42. The number of carbonyl (C=O) groups is 2. The van der Waals surface area contributed by atoms with Crippen molar-refractivity contribution in [3.63, 3.8) is 0 Å². The predicted octanol–water partition coefficient (Wildman–Crippen LogP) is 1.52. The summed E-state index contributed by atoms with van der Waals surface area (Å²) in [5.74, 6) is 0.599. The maximum absolute atomic E-state index is 12.8. The first-order chi connectivity index (χ1) is 13.2. The minimum absolute atomic E-state index is 0.175. The van der Waals surface area contributed by atoms with E-state index in [0.717, 1.165) is 5.69 Å². The largest absolute Gasteiger partial charge is 0.378 e. The van der Waals surface area contributed by atoms with Crippen molar-refractivity contribution in [2.45, 2.75) is 26.7 Å². The SMILES string of the molecule is CCC(=O)N1c2ccccc2-n2c(N3CCOCC3)nnc2N1C(=O)CC. The first-order valence-corrected chi connectivity index (χ1v) is 9.20. The summed E-state index contributed by atoms with van der Waals surface area (Å²) in [6.07, 6.45) is 0.516. The molecule has 0 spiro atoms. The summed E-state index contributed by atoms with van der Waals surface area (Å²) in [7, 11) is 0. The first kappa shape index (κ1) is 17.5. The fourth-order valence-electron chi connectivity index (χ4n) is 3.39. The fourth-order valence-corrected chi connectivity index (χ4v) is 3.39. The van der Waals surface area contributed by atoms with Gasteiger partial charge in [0.25, 0.3) is 5.95 Å². The van der Waals surface area contributed by atoms with Crippen LogP contribution in [0.1, 0.15) is 26.7 Å². The number of hydrazine groups is 1. The van der Waals surface area contributed by atoms with Crippen LogP contribution in [0, 0.1) is 0 Å². The lowest BCUT2D eigenvalue weighted by atomic mass is 10.2. The van der Waals surface area contributed by atoms with Crippen LogP contribution in [0.3, 0.4) is 0 Å². The molecule has 4 rings (SSSR count). The molecule has 2 aliphatic heterocycles. The number of carbonyl (C=O) groups excluding carboxylic acids is 2. The number of nitrogens with zero attached hydrogens (tertiary/aromatic N) is 6. The van der Waals surface area contributed by atoms with Crippen LogP contribution in [0.2, 0.25) is 0 Å². The molecule has 9 heteroatoms. The molecule has 0 atom stereocenters. The van der Waals surface area contributed by atoms with Gasteiger partial charge in [0.05, 0.1) is 24.6 Å². The normalized spacial score (nSPS) is 16.1. The van der Waals surface area contributed by atoms with Gasteiger partial charge >= 0.3 is 0 Å². The molecule has 9 nitrogen and oxygen atoms in total. The molecular formula is C18H22N6O3. The van der Waals surface area contributed by atoms with Crippen molar-refractivity contribution >= 4 is 29.4 Å². The van der Waals surface area contributed by atoms with Crippen molar-refractivity contribution < 1.29 is 14.3 Å². The number of ether oxygens (including phenoxy) is 1. The number of rotatable bonds is 3. The van der Waals surface area contributed by atoms with Gasteiger partial charge in [-0.05, 0) is 12.1 Å². The van der Waals surface area contributed by atoms with Gasteiger partial charge in [-0.3, -0.25) is 9.59 Å². The lowest BCUT2D eigenvalue weighted by molar-refractivity contribution is -0.123. The first-order valence-electron chi connectivity index (χ1n) is 9.20. The van der Waals surface area contributed by atoms with E-state index in [0.29, 0.717) is 43.9 Å². The Hall–Kier alpha value is -2.94. The van der Waals surface area contributed by atoms with Crippen LogP contribution in [-0.4, -0.2) is 52.9 Å². The van der Waals surface area contributed by atoms with Crippen LogP contribution in [0.4, 0.5) is 17.6 Å². The predicted molar refractivity (Wildman–Crippen MR) is 99.9 cm³/mol. The van der Waals surface area contributed by atoms with Crippen molar-refractivity contribution in [1.29, 1.82) is 0 Å². The Morgan fingerprint density at radius 1 is 0.926 bits per heavy atom. The molecule has 142 valence electrons. The molecule has 2 aliphatic rings. The molecule has 1 fully saturated rings. The molecular weight excluding hydrogens is 348 g/mol. The van der Waals surface area contributed by atoms with Crippen LogP contribution >= 0.6 is 0 Å². The van der Waals surface area contributed by atoms with Crippen molar-refractivity contribution in [3.05, 3.63) is 24.3 Å². The summed E-state index contributed by atoms with van der Waals surface area (Å²) >= 11 is 0. The monoisotopic (exact) mass is 370 g/mol. The van der Waals surface area contributed by atoms with Gasteiger partial charge in [-0.25, -0.2) is 9.58 Å². The highest BCUT2D eigenvalue weighted by atomic mass is 16.5. The molecule has 0 N–H and O–H groups in total. The van der Waals surface area contributed by atoms with Gasteiger partial charge < -0.3 is 9.64 Å². The summed E-state index contributed by atoms with van der Waals surface area (Å²) < 4.78 is 7.29. The van der Waals surface area contributed by atoms with Gasteiger partial charge in [0.2, 0.25) is 17.8 Å². The zero-order valence-corrected chi connectivity index (χ0v) is 15.5. The number of hydrogen-bond donors (Lipinski definition) is 0. The van der Waals surface area contributed by atoms with E-state index >= 15 is 0 Å². The Kier molecular flexibility index (Phi) is 4.53. The number of hydrogen-bond acceptors (Lipinski definition) is 6. The van der Waals surface area contributed by atoms with Crippen molar-refractivity contribution in [1.82, 2.24) is 14.8 Å². The average molecular weight is 370 g/mol. The van der Waals surface area contributed by atoms with E-state index in [9.17, 15) is 9.59 Å². The number of para-hydroxylation sites is 2. The highest BCUT2D eigenvalue weighted by molar-refractivity contribution is 6.08. The van der Waals surface area contributed by atoms with E-state index < -0.39 is 0 Å². The smallest absolute Gasteiger partial charge is 0.260 e. The molecule has 0 bridgehead atoms. The second kappa shape index (κ2) is 6.99. The Balaban J connectivity index is 1.92. The topological polar surface area (TPSA) is 83.8 Å². The third-order valence-corrected chi connectivity index (χ3v) is 4.74. The zero-order chi connectivity index (χ0) is 19.0. The quantitative estimate of drug-likeness (QED) is 0.815. The van der Waals surface area contributed by atoms with E-state index in [1.54, 1.807) is 13.8 Å². The zero-order valence-electron chi connectivity index (χ0n) is 15.5. The molecule has 0 radical (unpaired) electrons. The number of fused-ring (bicyclic) bond motifs is 3. The molecule has 1 saturated heterocycles. The van der Waals surface area contributed by atoms with Gasteiger partial charge in [0.15, 0.2) is 0 Å². The second-order valence-electron chi connectivity index (χ2n) is 6.34. The Morgan fingerprint density at radius 3 is 2.19 bits per heavy atom. The van der Waals surface area contributed by atoms with Gasteiger partial charge in [-0.2, -0.15) is 5.01 Å². The summed E-state index contributed by atoms with van der Waals surface area (Å²) in [6, 6.07) is 7.51. The molecule has 3 heterocycles. The molecule has 1 aromatic heterocycles.